The molecule has 0 unspecified atom stereocenters. The standard InChI is InChI=1S/C13H25NO3/c1-2-3-4-5-6-7-8-9-10-11-12(15)13(16)14-17/h17H,2-11H2,1H3,(H,14,16). The molecule has 0 aliphatic rings. The number of unbranched alkanes of at least 4 members (excludes halogenated alkanes) is 8. The second kappa shape index (κ2) is 11.6. The summed E-state index contributed by atoms with van der Waals surface area (Å²) in [5, 5.41) is 8.23. The van der Waals surface area contributed by atoms with Crippen LogP contribution in [0.25, 0.3) is 0 Å². The largest absolute Gasteiger partial charge is 0.310 e. The Hall–Kier alpha value is -0.900. The van der Waals surface area contributed by atoms with Crippen LogP contribution in [0, 0.1) is 0 Å². The second-order valence-electron chi connectivity index (χ2n) is 4.44. The number of hydrogen-bond donors (Lipinski definition) is 2. The Labute approximate surface area is 104 Å². The van der Waals surface area contributed by atoms with Crippen molar-refractivity contribution in [3.8, 4) is 0 Å². The van der Waals surface area contributed by atoms with Gasteiger partial charge in [0.1, 0.15) is 0 Å². The van der Waals surface area contributed by atoms with E-state index in [1.54, 1.807) is 0 Å². The minimum atomic E-state index is -0.899. The average Bonchev–Trinajstić information content (AvgIpc) is 2.35. The number of ketones is 1. The summed E-state index contributed by atoms with van der Waals surface area (Å²) in [5.74, 6) is -1.43. The van der Waals surface area contributed by atoms with Crippen LogP contribution < -0.4 is 5.48 Å². The third-order valence-corrected chi connectivity index (χ3v) is 2.86. The third-order valence-electron chi connectivity index (χ3n) is 2.86. The van der Waals surface area contributed by atoms with Crippen molar-refractivity contribution >= 4 is 11.7 Å². The predicted molar refractivity (Wildman–Crippen MR) is 66.8 cm³/mol. The zero-order valence-electron chi connectivity index (χ0n) is 10.8. The number of carbonyl (C=O) groups is 2. The maximum atomic E-state index is 11.0. The molecule has 0 aliphatic heterocycles. The maximum Gasteiger partial charge on any atom is 0.310 e. The molecular formula is C13H25NO3. The molecule has 100 valence electrons. The highest BCUT2D eigenvalue weighted by Crippen LogP contribution is 2.10. The second-order valence-corrected chi connectivity index (χ2v) is 4.44. The quantitative estimate of drug-likeness (QED) is 0.254. The van der Waals surface area contributed by atoms with Crippen molar-refractivity contribution in [2.45, 2.75) is 71.1 Å². The van der Waals surface area contributed by atoms with Crippen molar-refractivity contribution in [1.82, 2.24) is 5.48 Å². The molecule has 0 aromatic rings. The SMILES string of the molecule is CCCCCCCCCCCC(=O)C(=O)NO. The van der Waals surface area contributed by atoms with Crippen LogP contribution in [0.4, 0.5) is 0 Å². The summed E-state index contributed by atoms with van der Waals surface area (Å²) in [7, 11) is 0. The number of hydroxylamine groups is 1. The summed E-state index contributed by atoms with van der Waals surface area (Å²) in [6.45, 7) is 2.21. The highest BCUT2D eigenvalue weighted by molar-refractivity contribution is 6.35. The van der Waals surface area contributed by atoms with E-state index in [-0.39, 0.29) is 6.42 Å². The molecule has 0 aromatic carbocycles. The first-order valence-electron chi connectivity index (χ1n) is 6.69. The fourth-order valence-corrected chi connectivity index (χ4v) is 1.77. The lowest BCUT2D eigenvalue weighted by Gasteiger charge is -2.01. The van der Waals surface area contributed by atoms with Gasteiger partial charge in [-0.15, -0.1) is 0 Å². The fraction of sp³-hybridized carbons (Fsp3) is 0.846. The average molecular weight is 243 g/mol. The topological polar surface area (TPSA) is 66.4 Å². The molecule has 4 nitrogen and oxygen atoms in total. The Kier molecular flexibility index (Phi) is 11.0. The van der Waals surface area contributed by atoms with Gasteiger partial charge in [-0.05, 0) is 6.42 Å². The first-order chi connectivity index (χ1) is 8.22. The summed E-state index contributed by atoms with van der Waals surface area (Å²) >= 11 is 0. The van der Waals surface area contributed by atoms with E-state index in [4.69, 9.17) is 5.21 Å². The molecule has 0 saturated heterocycles. The van der Waals surface area contributed by atoms with Crippen LogP contribution >= 0.6 is 0 Å². The van der Waals surface area contributed by atoms with Crippen LogP contribution in [-0.4, -0.2) is 16.9 Å². The first kappa shape index (κ1) is 16.1. The van der Waals surface area contributed by atoms with Gasteiger partial charge in [-0.1, -0.05) is 58.3 Å². The lowest BCUT2D eigenvalue weighted by Crippen LogP contribution is -2.27. The van der Waals surface area contributed by atoms with Crippen molar-refractivity contribution in [3.63, 3.8) is 0 Å². The molecule has 0 bridgehead atoms. The van der Waals surface area contributed by atoms with Crippen LogP contribution in [0.1, 0.15) is 71.1 Å². The van der Waals surface area contributed by atoms with Crippen molar-refractivity contribution in [3.05, 3.63) is 0 Å². The summed E-state index contributed by atoms with van der Waals surface area (Å²) in [5.41, 5.74) is 1.36. The van der Waals surface area contributed by atoms with E-state index in [2.05, 4.69) is 6.92 Å². The van der Waals surface area contributed by atoms with E-state index in [1.165, 1.54) is 44.0 Å². The molecule has 0 atom stereocenters. The zero-order valence-corrected chi connectivity index (χ0v) is 10.8. The molecule has 0 heterocycles. The van der Waals surface area contributed by atoms with Gasteiger partial charge in [-0.2, -0.15) is 0 Å². The van der Waals surface area contributed by atoms with Gasteiger partial charge in [0, 0.05) is 6.42 Å². The van der Waals surface area contributed by atoms with Gasteiger partial charge < -0.3 is 0 Å². The highest BCUT2D eigenvalue weighted by Gasteiger charge is 2.10. The fourth-order valence-electron chi connectivity index (χ4n) is 1.77. The summed E-state index contributed by atoms with van der Waals surface area (Å²) in [4.78, 5) is 21.7. The number of amides is 1. The zero-order chi connectivity index (χ0) is 12.9. The molecule has 4 heteroatoms. The van der Waals surface area contributed by atoms with Gasteiger partial charge in [0.2, 0.25) is 5.78 Å². The maximum absolute atomic E-state index is 11.0. The molecule has 0 rings (SSSR count). The minimum absolute atomic E-state index is 0.238. The van der Waals surface area contributed by atoms with Gasteiger partial charge >= 0.3 is 5.91 Å². The molecule has 0 aliphatic carbocycles. The summed E-state index contributed by atoms with van der Waals surface area (Å²) in [6, 6.07) is 0. The Morgan fingerprint density at radius 2 is 1.35 bits per heavy atom. The molecule has 0 radical (unpaired) electrons. The van der Waals surface area contributed by atoms with Crippen LogP contribution in [0.15, 0.2) is 0 Å². The summed E-state index contributed by atoms with van der Waals surface area (Å²) in [6.07, 6.45) is 10.8. The van der Waals surface area contributed by atoms with Crippen LogP contribution in [0.3, 0.4) is 0 Å². The van der Waals surface area contributed by atoms with E-state index in [1.807, 2.05) is 0 Å². The minimum Gasteiger partial charge on any atom is -0.289 e. The van der Waals surface area contributed by atoms with E-state index in [0.29, 0.717) is 0 Å². The van der Waals surface area contributed by atoms with Gasteiger partial charge in [-0.3, -0.25) is 14.8 Å². The van der Waals surface area contributed by atoms with Crippen molar-refractivity contribution in [2.75, 3.05) is 0 Å². The van der Waals surface area contributed by atoms with Gasteiger partial charge in [0.15, 0.2) is 0 Å². The van der Waals surface area contributed by atoms with Crippen molar-refractivity contribution in [1.29, 1.82) is 0 Å². The van der Waals surface area contributed by atoms with Crippen LogP contribution in [0.5, 0.6) is 0 Å². The molecule has 1 amide bonds. The van der Waals surface area contributed by atoms with Crippen molar-refractivity contribution in [2.24, 2.45) is 0 Å². The number of Topliss-reactive ketones (excluding diaryl/α,β-unsaturated/α-hetero) is 1. The Balaban J connectivity index is 3.18. The highest BCUT2D eigenvalue weighted by atomic mass is 16.5. The number of hydrogen-bond acceptors (Lipinski definition) is 3. The van der Waals surface area contributed by atoms with Gasteiger partial charge in [0.05, 0.1) is 0 Å². The monoisotopic (exact) mass is 243 g/mol. The van der Waals surface area contributed by atoms with E-state index >= 15 is 0 Å². The van der Waals surface area contributed by atoms with Gasteiger partial charge in [0.25, 0.3) is 0 Å². The lowest BCUT2D eigenvalue weighted by molar-refractivity contribution is -0.143. The Morgan fingerprint density at radius 3 is 1.82 bits per heavy atom. The third kappa shape index (κ3) is 10.00. The Morgan fingerprint density at radius 1 is 0.882 bits per heavy atom. The Bertz CT molecular complexity index is 217. The molecule has 2 N–H and O–H groups in total. The molecule has 0 spiro atoms. The molecule has 0 saturated carbocycles. The van der Waals surface area contributed by atoms with Crippen LogP contribution in [0.2, 0.25) is 0 Å². The molecule has 0 aromatic heterocycles. The van der Waals surface area contributed by atoms with Gasteiger partial charge in [-0.25, -0.2) is 5.48 Å². The lowest BCUT2D eigenvalue weighted by atomic mass is 10.1. The first-order valence-corrected chi connectivity index (χ1v) is 6.69. The summed E-state index contributed by atoms with van der Waals surface area (Å²) < 4.78 is 0. The molecule has 17 heavy (non-hydrogen) atoms. The van der Waals surface area contributed by atoms with E-state index in [0.717, 1.165) is 19.3 Å². The normalized spacial score (nSPS) is 10.2. The number of rotatable bonds is 11. The van der Waals surface area contributed by atoms with E-state index < -0.39 is 11.7 Å². The predicted octanol–water partition coefficient (Wildman–Crippen LogP) is 2.98. The molecular weight excluding hydrogens is 218 g/mol. The van der Waals surface area contributed by atoms with E-state index in [9.17, 15) is 9.59 Å². The van der Waals surface area contributed by atoms with Crippen molar-refractivity contribution < 1.29 is 14.8 Å². The van der Waals surface area contributed by atoms with Crippen LogP contribution in [-0.2, 0) is 9.59 Å². The smallest absolute Gasteiger partial charge is 0.289 e. The number of carbonyl (C=O) groups excluding carboxylic acids is 2. The number of nitrogens with one attached hydrogen (secondary N) is 1. The molecule has 0 fully saturated rings.